The van der Waals surface area contributed by atoms with Crippen molar-refractivity contribution in [3.8, 4) is 0 Å². The molecule has 0 saturated heterocycles. The Balaban J connectivity index is 2.84. The van der Waals surface area contributed by atoms with Crippen LogP contribution in [0.15, 0.2) is 28.6 Å². The molecule has 0 fully saturated rings. The molecule has 0 aromatic rings. The topological polar surface area (TPSA) is 29.4 Å². The second-order valence-electron chi connectivity index (χ2n) is 2.20. The summed E-state index contributed by atoms with van der Waals surface area (Å²) in [5.41, 5.74) is 1.72. The Morgan fingerprint density at radius 1 is 1.67 bits per heavy atom. The van der Waals surface area contributed by atoms with E-state index in [2.05, 4.69) is 5.18 Å². The van der Waals surface area contributed by atoms with Gasteiger partial charge in [-0.2, -0.15) is 0 Å². The van der Waals surface area contributed by atoms with Gasteiger partial charge in [0.15, 0.2) is 0 Å². The van der Waals surface area contributed by atoms with E-state index in [0.717, 1.165) is 18.4 Å². The first kappa shape index (κ1) is 6.20. The summed E-state index contributed by atoms with van der Waals surface area (Å²) in [6.45, 7) is 1.94. The van der Waals surface area contributed by atoms with Gasteiger partial charge in [0.2, 0.25) is 0 Å². The molecule has 0 heterocycles. The number of hydrogen-bond donors (Lipinski definition) is 0. The normalized spacial score (nSPS) is 18.3. The molecule has 48 valence electrons. The maximum absolute atomic E-state index is 10.0. The van der Waals surface area contributed by atoms with Gasteiger partial charge >= 0.3 is 0 Å². The third-order valence-corrected chi connectivity index (χ3v) is 1.50. The minimum Gasteiger partial charge on any atom is -0.145 e. The minimum absolute atomic E-state index is 0.612. The van der Waals surface area contributed by atoms with Crippen LogP contribution in [0.5, 0.6) is 0 Å². The molecule has 2 nitrogen and oxygen atoms in total. The van der Waals surface area contributed by atoms with Gasteiger partial charge in [0.05, 0.1) is 0 Å². The van der Waals surface area contributed by atoms with Crippen LogP contribution in [-0.2, 0) is 0 Å². The monoisotopic (exact) mass is 123 g/mol. The summed E-state index contributed by atoms with van der Waals surface area (Å²) in [5, 5.41) is 2.87. The predicted octanol–water partition coefficient (Wildman–Crippen LogP) is 2.38. The Kier molecular flexibility index (Phi) is 1.78. The Hall–Kier alpha value is -0.920. The molecule has 0 atom stereocenters. The lowest BCUT2D eigenvalue weighted by Crippen LogP contribution is -1.87. The molecule has 0 spiro atoms. The van der Waals surface area contributed by atoms with E-state index in [-0.39, 0.29) is 0 Å². The summed E-state index contributed by atoms with van der Waals surface area (Å²) >= 11 is 0. The van der Waals surface area contributed by atoms with Crippen molar-refractivity contribution in [3.63, 3.8) is 0 Å². The Morgan fingerprint density at radius 3 is 2.89 bits per heavy atom. The lowest BCUT2D eigenvalue weighted by Gasteiger charge is -2.03. The molecular formula is C7H9NO. The van der Waals surface area contributed by atoms with Crippen LogP contribution in [0.4, 0.5) is 0 Å². The average Bonchev–Trinajstić information content (AvgIpc) is 1.89. The molecule has 0 aromatic heterocycles. The van der Waals surface area contributed by atoms with Crippen molar-refractivity contribution in [1.29, 1.82) is 0 Å². The number of hydrogen-bond acceptors (Lipinski definition) is 2. The molecule has 0 aliphatic heterocycles. The maximum Gasteiger partial charge on any atom is 0.106 e. The summed E-state index contributed by atoms with van der Waals surface area (Å²) in [6.07, 6.45) is 5.79. The first-order valence-electron chi connectivity index (χ1n) is 3.04. The van der Waals surface area contributed by atoms with Crippen LogP contribution in [0.25, 0.3) is 0 Å². The zero-order chi connectivity index (χ0) is 6.69. The maximum atomic E-state index is 10.0. The predicted molar refractivity (Wildman–Crippen MR) is 36.9 cm³/mol. The van der Waals surface area contributed by atoms with E-state index in [0.29, 0.717) is 5.70 Å². The molecule has 1 aliphatic carbocycles. The van der Waals surface area contributed by atoms with Gasteiger partial charge in [0, 0.05) is 0 Å². The van der Waals surface area contributed by atoms with Crippen molar-refractivity contribution >= 4 is 0 Å². The number of rotatable bonds is 1. The van der Waals surface area contributed by atoms with Crippen molar-refractivity contribution < 1.29 is 0 Å². The van der Waals surface area contributed by atoms with Gasteiger partial charge in [0.1, 0.15) is 5.70 Å². The summed E-state index contributed by atoms with van der Waals surface area (Å²) in [7, 11) is 0. The van der Waals surface area contributed by atoms with Gasteiger partial charge in [0.25, 0.3) is 0 Å². The molecule has 9 heavy (non-hydrogen) atoms. The van der Waals surface area contributed by atoms with Crippen LogP contribution in [0.2, 0.25) is 0 Å². The minimum atomic E-state index is 0.612. The Bertz CT molecular complexity index is 179. The third kappa shape index (κ3) is 1.25. The summed E-state index contributed by atoms with van der Waals surface area (Å²) in [4.78, 5) is 10.0. The molecule has 1 aliphatic rings. The van der Waals surface area contributed by atoms with Gasteiger partial charge in [-0.05, 0) is 36.6 Å². The van der Waals surface area contributed by atoms with Crippen molar-refractivity contribution in [1.82, 2.24) is 0 Å². The second-order valence-corrected chi connectivity index (χ2v) is 2.20. The lowest BCUT2D eigenvalue weighted by atomic mass is 10.0. The zero-order valence-corrected chi connectivity index (χ0v) is 5.42. The highest BCUT2D eigenvalue weighted by Crippen LogP contribution is 2.18. The van der Waals surface area contributed by atoms with Gasteiger partial charge < -0.3 is 0 Å². The van der Waals surface area contributed by atoms with E-state index in [1.165, 1.54) is 0 Å². The molecule has 0 bridgehead atoms. The molecule has 0 N–H and O–H groups in total. The first-order valence-corrected chi connectivity index (χ1v) is 3.04. The van der Waals surface area contributed by atoms with Crippen molar-refractivity contribution in [3.05, 3.63) is 28.3 Å². The molecule has 1 rings (SSSR count). The second kappa shape index (κ2) is 2.58. The van der Waals surface area contributed by atoms with E-state index in [9.17, 15) is 4.91 Å². The Morgan fingerprint density at radius 2 is 2.44 bits per heavy atom. The number of allylic oxidation sites excluding steroid dienone is 3. The molecule has 0 radical (unpaired) electrons. The number of nitrogens with zero attached hydrogens (tertiary/aromatic N) is 1. The van der Waals surface area contributed by atoms with Crippen molar-refractivity contribution in [2.24, 2.45) is 5.18 Å². The molecule has 0 aromatic carbocycles. The number of nitroso groups, excluding NO2 is 1. The van der Waals surface area contributed by atoms with Gasteiger partial charge in [-0.1, -0.05) is 6.08 Å². The van der Waals surface area contributed by atoms with Crippen molar-refractivity contribution in [2.75, 3.05) is 0 Å². The van der Waals surface area contributed by atoms with Crippen LogP contribution in [0.1, 0.15) is 19.8 Å². The first-order chi connectivity index (χ1) is 4.34. The molecule has 2 heteroatoms. The van der Waals surface area contributed by atoms with Crippen LogP contribution < -0.4 is 0 Å². The third-order valence-electron chi connectivity index (χ3n) is 1.50. The lowest BCUT2D eigenvalue weighted by molar-refractivity contribution is 0.932. The summed E-state index contributed by atoms with van der Waals surface area (Å²) in [5.74, 6) is 0. The van der Waals surface area contributed by atoms with E-state index < -0.39 is 0 Å². The van der Waals surface area contributed by atoms with Crippen molar-refractivity contribution in [2.45, 2.75) is 19.8 Å². The van der Waals surface area contributed by atoms with Gasteiger partial charge in [-0.25, -0.2) is 0 Å². The quantitative estimate of drug-likeness (QED) is 0.492. The fourth-order valence-corrected chi connectivity index (χ4v) is 0.873. The molecule has 0 saturated carbocycles. The SMILES string of the molecule is CC1=C(N=O)C=CCC1. The molecule has 0 amide bonds. The standard InChI is InChI=1S/C7H9NO/c1-6-4-2-3-5-7(6)8-9/h3,5H,2,4H2,1H3. The highest BCUT2D eigenvalue weighted by atomic mass is 16.3. The van der Waals surface area contributed by atoms with Crippen LogP contribution in [0, 0.1) is 4.91 Å². The van der Waals surface area contributed by atoms with E-state index >= 15 is 0 Å². The fourth-order valence-electron chi connectivity index (χ4n) is 0.873. The Labute approximate surface area is 54.2 Å². The van der Waals surface area contributed by atoms with E-state index in [4.69, 9.17) is 0 Å². The smallest absolute Gasteiger partial charge is 0.106 e. The molecule has 0 unspecified atom stereocenters. The fraction of sp³-hybridized carbons (Fsp3) is 0.429. The highest BCUT2D eigenvalue weighted by molar-refractivity contribution is 5.26. The largest absolute Gasteiger partial charge is 0.145 e. The molecular weight excluding hydrogens is 114 g/mol. The summed E-state index contributed by atoms with van der Waals surface area (Å²) < 4.78 is 0. The average molecular weight is 123 g/mol. The van der Waals surface area contributed by atoms with Crippen LogP contribution in [-0.4, -0.2) is 0 Å². The van der Waals surface area contributed by atoms with E-state index in [1.54, 1.807) is 6.08 Å². The summed E-state index contributed by atoms with van der Waals surface area (Å²) in [6, 6.07) is 0. The van der Waals surface area contributed by atoms with Crippen LogP contribution >= 0.6 is 0 Å². The highest BCUT2D eigenvalue weighted by Gasteiger charge is 2.01. The van der Waals surface area contributed by atoms with Crippen LogP contribution in [0.3, 0.4) is 0 Å². The zero-order valence-electron chi connectivity index (χ0n) is 5.42. The van der Waals surface area contributed by atoms with E-state index in [1.807, 2.05) is 13.0 Å². The van der Waals surface area contributed by atoms with Gasteiger partial charge in [-0.3, -0.25) is 0 Å². The van der Waals surface area contributed by atoms with Gasteiger partial charge in [-0.15, -0.1) is 4.91 Å².